The van der Waals surface area contributed by atoms with Gasteiger partial charge in [-0.15, -0.1) is 0 Å². The lowest BCUT2D eigenvalue weighted by Crippen LogP contribution is -1.98. The van der Waals surface area contributed by atoms with E-state index in [1.54, 1.807) is 7.11 Å². The van der Waals surface area contributed by atoms with Gasteiger partial charge in [0.1, 0.15) is 5.75 Å². The van der Waals surface area contributed by atoms with Crippen molar-refractivity contribution in [1.82, 2.24) is 0 Å². The van der Waals surface area contributed by atoms with Crippen LogP contribution in [0.5, 0.6) is 5.75 Å². The molecule has 1 aromatic carbocycles. The minimum atomic E-state index is 0.956. The lowest BCUT2D eigenvalue weighted by Gasteiger charge is -2.14. The van der Waals surface area contributed by atoms with Crippen LogP contribution in [0.25, 0.3) is 6.08 Å². The van der Waals surface area contributed by atoms with E-state index in [0.717, 1.165) is 22.0 Å². The Balaban J connectivity index is 3.42. The van der Waals surface area contributed by atoms with E-state index in [0.29, 0.717) is 0 Å². The number of ether oxygens (including phenoxy) is 1. The zero-order valence-electron chi connectivity index (χ0n) is 9.81. The predicted octanol–water partition coefficient (Wildman–Crippen LogP) is 4.91. The standard InChI is InChI=1S/C13H16Br2O/c1-4-9-6-7-12(16-3)10(5-2)11(9)8-13(14)15/h6-8H,4-5H2,1-3H3. The molecule has 0 atom stereocenters. The van der Waals surface area contributed by atoms with Gasteiger partial charge >= 0.3 is 0 Å². The van der Waals surface area contributed by atoms with Gasteiger partial charge in [-0.2, -0.15) is 0 Å². The van der Waals surface area contributed by atoms with Gasteiger partial charge in [0.05, 0.1) is 10.5 Å². The molecule has 1 aromatic rings. The van der Waals surface area contributed by atoms with Crippen molar-refractivity contribution in [1.29, 1.82) is 0 Å². The maximum atomic E-state index is 5.40. The topological polar surface area (TPSA) is 9.23 Å². The van der Waals surface area contributed by atoms with Crippen molar-refractivity contribution >= 4 is 37.9 Å². The van der Waals surface area contributed by atoms with Crippen molar-refractivity contribution in [2.75, 3.05) is 7.11 Å². The highest BCUT2D eigenvalue weighted by Crippen LogP contribution is 2.30. The van der Waals surface area contributed by atoms with E-state index in [2.05, 4.69) is 63.9 Å². The Morgan fingerprint density at radius 2 is 1.94 bits per heavy atom. The van der Waals surface area contributed by atoms with E-state index >= 15 is 0 Å². The zero-order valence-corrected chi connectivity index (χ0v) is 13.0. The number of hydrogen-bond acceptors (Lipinski definition) is 1. The number of methoxy groups -OCH3 is 1. The van der Waals surface area contributed by atoms with E-state index in [4.69, 9.17) is 4.74 Å². The Bertz CT molecular complexity index is 393. The van der Waals surface area contributed by atoms with Gasteiger partial charge in [-0.05, 0) is 68.0 Å². The first-order valence-corrected chi connectivity index (χ1v) is 6.94. The van der Waals surface area contributed by atoms with Crippen molar-refractivity contribution in [2.45, 2.75) is 26.7 Å². The summed E-state index contributed by atoms with van der Waals surface area (Å²) in [4.78, 5) is 0. The first-order valence-electron chi connectivity index (χ1n) is 5.35. The summed E-state index contributed by atoms with van der Waals surface area (Å²) in [5.41, 5.74) is 3.86. The van der Waals surface area contributed by atoms with Crippen LogP contribution in [0.3, 0.4) is 0 Å². The molecule has 1 nitrogen and oxygen atoms in total. The quantitative estimate of drug-likeness (QED) is 0.752. The maximum absolute atomic E-state index is 5.40. The minimum Gasteiger partial charge on any atom is -0.496 e. The third-order valence-electron chi connectivity index (χ3n) is 2.61. The van der Waals surface area contributed by atoms with E-state index < -0.39 is 0 Å². The van der Waals surface area contributed by atoms with Crippen LogP contribution in [0.15, 0.2) is 15.5 Å². The fraction of sp³-hybridized carbons (Fsp3) is 0.385. The Morgan fingerprint density at radius 3 is 2.38 bits per heavy atom. The third kappa shape index (κ3) is 3.11. The Hall–Kier alpha value is -0.280. The van der Waals surface area contributed by atoms with Gasteiger partial charge in [-0.3, -0.25) is 0 Å². The van der Waals surface area contributed by atoms with E-state index in [1.165, 1.54) is 16.7 Å². The monoisotopic (exact) mass is 346 g/mol. The Morgan fingerprint density at radius 1 is 1.25 bits per heavy atom. The molecule has 0 fully saturated rings. The molecule has 0 heterocycles. The van der Waals surface area contributed by atoms with Crippen LogP contribution in [0.2, 0.25) is 0 Å². The lowest BCUT2D eigenvalue weighted by atomic mass is 9.96. The molecule has 0 saturated heterocycles. The average Bonchev–Trinajstić information content (AvgIpc) is 2.27. The second kappa shape index (κ2) is 6.45. The number of halogens is 2. The summed E-state index contributed by atoms with van der Waals surface area (Å²) in [5, 5.41) is 0. The van der Waals surface area contributed by atoms with Crippen LogP contribution in [0, 0.1) is 0 Å². The van der Waals surface area contributed by atoms with Gasteiger partial charge in [0, 0.05) is 5.56 Å². The van der Waals surface area contributed by atoms with Crippen molar-refractivity contribution in [3.63, 3.8) is 0 Å². The molecule has 0 aromatic heterocycles. The first kappa shape index (κ1) is 13.8. The fourth-order valence-electron chi connectivity index (χ4n) is 1.85. The fourth-order valence-corrected chi connectivity index (χ4v) is 2.30. The summed E-state index contributed by atoms with van der Waals surface area (Å²) in [6.07, 6.45) is 4.09. The summed E-state index contributed by atoms with van der Waals surface area (Å²) >= 11 is 6.84. The number of benzene rings is 1. The predicted molar refractivity (Wildman–Crippen MR) is 77.6 cm³/mol. The highest BCUT2D eigenvalue weighted by Gasteiger charge is 2.10. The molecule has 0 N–H and O–H groups in total. The van der Waals surface area contributed by atoms with Gasteiger partial charge in [-0.1, -0.05) is 19.9 Å². The van der Waals surface area contributed by atoms with Gasteiger partial charge in [0.25, 0.3) is 0 Å². The molecule has 0 aliphatic carbocycles. The first-order chi connectivity index (χ1) is 7.63. The molecule has 16 heavy (non-hydrogen) atoms. The van der Waals surface area contributed by atoms with Gasteiger partial charge < -0.3 is 4.74 Å². The second-order valence-corrected chi connectivity index (χ2v) is 6.23. The van der Waals surface area contributed by atoms with Gasteiger partial charge in [-0.25, -0.2) is 0 Å². The largest absolute Gasteiger partial charge is 0.496 e. The molecule has 0 aliphatic heterocycles. The van der Waals surface area contributed by atoms with Crippen molar-refractivity contribution in [3.05, 3.63) is 32.2 Å². The summed E-state index contributed by atoms with van der Waals surface area (Å²) < 4.78 is 6.35. The molecule has 88 valence electrons. The maximum Gasteiger partial charge on any atom is 0.122 e. The van der Waals surface area contributed by atoms with Gasteiger partial charge in [0.15, 0.2) is 0 Å². The molecule has 0 spiro atoms. The van der Waals surface area contributed by atoms with E-state index in [9.17, 15) is 0 Å². The highest BCUT2D eigenvalue weighted by atomic mass is 79.9. The summed E-state index contributed by atoms with van der Waals surface area (Å²) in [6.45, 7) is 4.32. The second-order valence-electron chi connectivity index (χ2n) is 3.46. The zero-order chi connectivity index (χ0) is 12.1. The molecule has 3 heteroatoms. The number of rotatable bonds is 4. The smallest absolute Gasteiger partial charge is 0.122 e. The molecule has 0 aliphatic rings. The van der Waals surface area contributed by atoms with E-state index in [1.807, 2.05) is 0 Å². The minimum absolute atomic E-state index is 0.956. The number of hydrogen-bond donors (Lipinski definition) is 0. The molecule has 0 amide bonds. The molecule has 0 saturated carbocycles. The molecule has 1 rings (SSSR count). The molecule has 0 bridgehead atoms. The third-order valence-corrected chi connectivity index (χ3v) is 3.07. The Labute approximate surface area is 114 Å². The van der Waals surface area contributed by atoms with Crippen LogP contribution in [0.4, 0.5) is 0 Å². The Kier molecular flexibility index (Phi) is 5.56. The molecular formula is C13H16Br2O. The van der Waals surface area contributed by atoms with Crippen LogP contribution in [-0.2, 0) is 12.8 Å². The van der Waals surface area contributed by atoms with Crippen molar-refractivity contribution in [3.8, 4) is 5.75 Å². The molecular weight excluding hydrogens is 332 g/mol. The average molecular weight is 348 g/mol. The lowest BCUT2D eigenvalue weighted by molar-refractivity contribution is 0.410. The highest BCUT2D eigenvalue weighted by molar-refractivity contribution is 9.28. The normalized spacial score (nSPS) is 10.1. The summed E-state index contributed by atoms with van der Waals surface area (Å²) in [7, 11) is 1.72. The van der Waals surface area contributed by atoms with Crippen LogP contribution in [-0.4, -0.2) is 7.11 Å². The van der Waals surface area contributed by atoms with E-state index in [-0.39, 0.29) is 0 Å². The summed E-state index contributed by atoms with van der Waals surface area (Å²) in [6, 6.07) is 4.18. The SMILES string of the molecule is CCc1ccc(OC)c(CC)c1C=C(Br)Br. The van der Waals surface area contributed by atoms with Gasteiger partial charge in [0.2, 0.25) is 0 Å². The molecule has 0 unspecified atom stereocenters. The van der Waals surface area contributed by atoms with Crippen molar-refractivity contribution in [2.24, 2.45) is 0 Å². The van der Waals surface area contributed by atoms with Crippen molar-refractivity contribution < 1.29 is 4.74 Å². The molecule has 0 radical (unpaired) electrons. The number of aryl methyl sites for hydroxylation is 1. The van der Waals surface area contributed by atoms with Crippen LogP contribution < -0.4 is 4.74 Å². The van der Waals surface area contributed by atoms with Crippen LogP contribution in [0.1, 0.15) is 30.5 Å². The van der Waals surface area contributed by atoms with Crippen LogP contribution >= 0.6 is 31.9 Å². The summed E-state index contributed by atoms with van der Waals surface area (Å²) in [5.74, 6) is 0.965.